The highest BCUT2D eigenvalue weighted by molar-refractivity contribution is 6.12. The lowest BCUT2D eigenvalue weighted by Crippen LogP contribution is -2.16. The molecule has 0 saturated carbocycles. The van der Waals surface area contributed by atoms with Gasteiger partial charge in [-0.1, -0.05) is 0 Å². The molecule has 1 aromatic carbocycles. The predicted octanol–water partition coefficient (Wildman–Crippen LogP) is 1.25. The number of anilines is 1. The summed E-state index contributed by atoms with van der Waals surface area (Å²) in [6.45, 7) is 1.59. The maximum atomic E-state index is 12.6. The Morgan fingerprint density at radius 2 is 2.00 bits per heavy atom. The van der Waals surface area contributed by atoms with Gasteiger partial charge in [-0.25, -0.2) is 9.78 Å². The van der Waals surface area contributed by atoms with Crippen LogP contribution in [-0.4, -0.2) is 25.8 Å². The second kappa shape index (κ2) is 4.95. The number of amides is 1. The summed E-state index contributed by atoms with van der Waals surface area (Å²) in [7, 11) is 0. The molecule has 0 radical (unpaired) electrons. The number of carbonyl (C=O) groups is 1. The minimum Gasteiger partial charge on any atom is -0.442 e. The minimum absolute atomic E-state index is 0.101. The molecule has 9 heteroatoms. The summed E-state index contributed by atoms with van der Waals surface area (Å²) in [6.07, 6.45) is 1.21. The molecule has 0 saturated heterocycles. The summed E-state index contributed by atoms with van der Waals surface area (Å²) >= 11 is 0. The number of aromatic nitrogens is 4. The van der Waals surface area contributed by atoms with Crippen LogP contribution in [0.15, 0.2) is 38.5 Å². The highest BCUT2D eigenvalue weighted by Gasteiger charge is 2.21. The van der Waals surface area contributed by atoms with E-state index in [0.29, 0.717) is 22.5 Å². The van der Waals surface area contributed by atoms with E-state index >= 15 is 0 Å². The average Bonchev–Trinajstić information content (AvgIpc) is 3.06. The first-order valence-electron chi connectivity index (χ1n) is 7.03. The Kier molecular flexibility index (Phi) is 2.89. The number of fused-ring (bicyclic) bond motifs is 2. The number of aromatic amines is 3. The number of benzene rings is 1. The number of hydrogen-bond donors (Lipinski definition) is 4. The number of nitrogens with zero attached hydrogens (tertiary/aromatic N) is 1. The van der Waals surface area contributed by atoms with E-state index in [1.54, 1.807) is 25.1 Å². The zero-order valence-corrected chi connectivity index (χ0v) is 12.4. The standard InChI is InChI=1S/C15H11N5O4/c1-6-10(11-12(21)16-5-17-14(11)24-6)13(22)18-7-2-3-8-9(4-7)20-15(23)19-8/h2-5H,1H3,(H,18,22)(H,16,17,21)(H2,19,20,23). The van der Waals surface area contributed by atoms with Crippen LogP contribution in [0.25, 0.3) is 22.1 Å². The van der Waals surface area contributed by atoms with E-state index in [4.69, 9.17) is 4.42 Å². The van der Waals surface area contributed by atoms with Crippen molar-refractivity contribution in [2.24, 2.45) is 0 Å². The number of rotatable bonds is 2. The summed E-state index contributed by atoms with van der Waals surface area (Å²) in [6, 6.07) is 4.92. The first-order chi connectivity index (χ1) is 11.5. The molecule has 4 aromatic rings. The van der Waals surface area contributed by atoms with Gasteiger partial charge in [0.2, 0.25) is 5.71 Å². The highest BCUT2D eigenvalue weighted by atomic mass is 16.3. The van der Waals surface area contributed by atoms with Crippen LogP contribution in [0.3, 0.4) is 0 Å². The van der Waals surface area contributed by atoms with Crippen molar-refractivity contribution in [2.75, 3.05) is 5.32 Å². The first-order valence-corrected chi connectivity index (χ1v) is 7.03. The predicted molar refractivity (Wildman–Crippen MR) is 86.2 cm³/mol. The molecular weight excluding hydrogens is 314 g/mol. The van der Waals surface area contributed by atoms with Gasteiger partial charge in [0.05, 0.1) is 22.9 Å². The maximum absolute atomic E-state index is 12.6. The number of H-pyrrole nitrogens is 3. The zero-order chi connectivity index (χ0) is 16.8. The number of imidazole rings is 1. The molecule has 4 rings (SSSR count). The third-order valence-corrected chi connectivity index (χ3v) is 3.67. The Morgan fingerprint density at radius 3 is 2.83 bits per heavy atom. The Labute approximate surface area is 132 Å². The van der Waals surface area contributed by atoms with Gasteiger partial charge >= 0.3 is 5.69 Å². The molecule has 24 heavy (non-hydrogen) atoms. The second-order valence-electron chi connectivity index (χ2n) is 5.24. The molecule has 3 aromatic heterocycles. The van der Waals surface area contributed by atoms with Crippen molar-refractivity contribution < 1.29 is 9.21 Å². The van der Waals surface area contributed by atoms with E-state index in [2.05, 4.69) is 25.3 Å². The van der Waals surface area contributed by atoms with E-state index < -0.39 is 11.5 Å². The molecule has 0 aliphatic carbocycles. The van der Waals surface area contributed by atoms with Crippen molar-refractivity contribution in [1.29, 1.82) is 0 Å². The summed E-state index contributed by atoms with van der Waals surface area (Å²) in [5, 5.41) is 2.79. The molecule has 0 unspecified atom stereocenters. The number of nitrogens with one attached hydrogen (secondary N) is 4. The van der Waals surface area contributed by atoms with Crippen molar-refractivity contribution in [3.05, 3.63) is 56.7 Å². The van der Waals surface area contributed by atoms with Crippen LogP contribution in [0.4, 0.5) is 5.69 Å². The fourth-order valence-corrected chi connectivity index (χ4v) is 2.63. The Hall–Kier alpha value is -3.62. The van der Waals surface area contributed by atoms with Crippen molar-refractivity contribution >= 4 is 33.7 Å². The van der Waals surface area contributed by atoms with Crippen LogP contribution in [0.5, 0.6) is 0 Å². The smallest absolute Gasteiger partial charge is 0.323 e. The molecule has 0 fully saturated rings. The highest BCUT2D eigenvalue weighted by Crippen LogP contribution is 2.22. The molecule has 120 valence electrons. The molecule has 0 aliphatic heterocycles. The van der Waals surface area contributed by atoms with Gasteiger partial charge < -0.3 is 24.7 Å². The summed E-state index contributed by atoms with van der Waals surface area (Å²) in [4.78, 5) is 47.4. The van der Waals surface area contributed by atoms with Gasteiger partial charge in [0.15, 0.2) is 0 Å². The van der Waals surface area contributed by atoms with Gasteiger partial charge in [-0.15, -0.1) is 0 Å². The monoisotopic (exact) mass is 325 g/mol. The lowest BCUT2D eigenvalue weighted by atomic mass is 10.1. The lowest BCUT2D eigenvalue weighted by Gasteiger charge is -2.04. The molecule has 0 bridgehead atoms. The molecule has 3 heterocycles. The van der Waals surface area contributed by atoms with Crippen LogP contribution in [0.1, 0.15) is 16.1 Å². The molecule has 0 spiro atoms. The topological polar surface area (TPSA) is 137 Å². The van der Waals surface area contributed by atoms with Crippen LogP contribution in [-0.2, 0) is 0 Å². The van der Waals surface area contributed by atoms with E-state index in [0.717, 1.165) is 0 Å². The molecule has 1 amide bonds. The van der Waals surface area contributed by atoms with Crippen LogP contribution >= 0.6 is 0 Å². The second-order valence-corrected chi connectivity index (χ2v) is 5.24. The van der Waals surface area contributed by atoms with Gasteiger partial charge in [-0.05, 0) is 25.1 Å². The number of carbonyl (C=O) groups excluding carboxylic acids is 1. The normalized spacial score (nSPS) is 11.2. The molecule has 9 nitrogen and oxygen atoms in total. The minimum atomic E-state index is -0.498. The van der Waals surface area contributed by atoms with Crippen molar-refractivity contribution in [2.45, 2.75) is 6.92 Å². The van der Waals surface area contributed by atoms with E-state index in [-0.39, 0.29) is 22.4 Å². The van der Waals surface area contributed by atoms with Gasteiger partial charge in [0.25, 0.3) is 11.5 Å². The van der Waals surface area contributed by atoms with Crippen LogP contribution in [0.2, 0.25) is 0 Å². The molecule has 4 N–H and O–H groups in total. The lowest BCUT2D eigenvalue weighted by molar-refractivity contribution is 0.102. The number of furan rings is 1. The SMILES string of the molecule is Cc1oc2nc[nH]c(=O)c2c1C(=O)Nc1ccc2[nH]c(=O)[nH]c2c1. The zero-order valence-electron chi connectivity index (χ0n) is 12.4. The van der Waals surface area contributed by atoms with Crippen molar-refractivity contribution in [3.63, 3.8) is 0 Å². The maximum Gasteiger partial charge on any atom is 0.323 e. The van der Waals surface area contributed by atoms with Crippen LogP contribution in [0, 0.1) is 6.92 Å². The Balaban J connectivity index is 1.77. The summed E-state index contributed by atoms with van der Waals surface area (Å²) in [5.74, 6) is -0.204. The quantitative estimate of drug-likeness (QED) is 0.439. The third kappa shape index (κ3) is 2.10. The average molecular weight is 325 g/mol. The Morgan fingerprint density at radius 1 is 1.21 bits per heavy atom. The largest absolute Gasteiger partial charge is 0.442 e. The number of aryl methyl sites for hydroxylation is 1. The van der Waals surface area contributed by atoms with Gasteiger partial charge in [0.1, 0.15) is 11.1 Å². The Bertz CT molecular complexity index is 1210. The van der Waals surface area contributed by atoms with E-state index in [9.17, 15) is 14.4 Å². The van der Waals surface area contributed by atoms with Crippen molar-refractivity contribution in [1.82, 2.24) is 19.9 Å². The van der Waals surface area contributed by atoms with Gasteiger partial charge in [0, 0.05) is 5.69 Å². The molecule has 0 atom stereocenters. The van der Waals surface area contributed by atoms with Gasteiger partial charge in [-0.2, -0.15) is 0 Å². The van der Waals surface area contributed by atoms with Crippen molar-refractivity contribution in [3.8, 4) is 0 Å². The summed E-state index contributed by atoms with van der Waals surface area (Å²) in [5.41, 5.74) is 1.11. The fourth-order valence-electron chi connectivity index (χ4n) is 2.63. The molecule has 0 aliphatic rings. The van der Waals surface area contributed by atoms with E-state index in [1.807, 2.05) is 0 Å². The number of hydrogen-bond acceptors (Lipinski definition) is 5. The third-order valence-electron chi connectivity index (χ3n) is 3.67. The van der Waals surface area contributed by atoms with Gasteiger partial charge in [-0.3, -0.25) is 9.59 Å². The summed E-state index contributed by atoms with van der Waals surface area (Å²) < 4.78 is 5.37. The fraction of sp³-hybridized carbons (Fsp3) is 0.0667. The first kappa shape index (κ1) is 14.0. The van der Waals surface area contributed by atoms with E-state index in [1.165, 1.54) is 6.33 Å². The van der Waals surface area contributed by atoms with Crippen LogP contribution < -0.4 is 16.6 Å². The molecular formula is C15H11N5O4.